The minimum atomic E-state index is 0.219. The molecule has 0 saturated carbocycles. The summed E-state index contributed by atoms with van der Waals surface area (Å²) < 4.78 is 0. The van der Waals surface area contributed by atoms with Crippen molar-refractivity contribution in [3.05, 3.63) is 34.9 Å². The zero-order chi connectivity index (χ0) is 10.9. The molecule has 82 valence electrons. The first-order chi connectivity index (χ1) is 7.15. The third kappa shape index (κ3) is 1.93. The summed E-state index contributed by atoms with van der Waals surface area (Å²) in [6, 6.07) is 6.94. The van der Waals surface area contributed by atoms with Crippen molar-refractivity contribution in [1.29, 1.82) is 0 Å². The molecule has 0 aliphatic carbocycles. The van der Waals surface area contributed by atoms with Gasteiger partial charge in [0.05, 0.1) is 0 Å². The van der Waals surface area contributed by atoms with Gasteiger partial charge in [-0.3, -0.25) is 0 Å². The van der Waals surface area contributed by atoms with Crippen molar-refractivity contribution < 1.29 is 0 Å². The molecule has 0 amide bonds. The van der Waals surface area contributed by atoms with Crippen LogP contribution in [0.4, 0.5) is 0 Å². The van der Waals surface area contributed by atoms with Crippen LogP contribution >= 0.6 is 0 Å². The van der Waals surface area contributed by atoms with Gasteiger partial charge in [-0.15, -0.1) is 0 Å². The summed E-state index contributed by atoms with van der Waals surface area (Å²) in [6.45, 7) is 7.92. The Morgan fingerprint density at radius 2 is 2.20 bits per heavy atom. The van der Waals surface area contributed by atoms with Crippen molar-refractivity contribution in [2.45, 2.75) is 45.6 Å². The molecule has 0 aromatic heterocycles. The number of benzene rings is 1. The molecule has 1 unspecified atom stereocenters. The first kappa shape index (κ1) is 10.7. The van der Waals surface area contributed by atoms with E-state index in [1.54, 1.807) is 0 Å². The van der Waals surface area contributed by atoms with Crippen LogP contribution in [-0.2, 0) is 12.0 Å². The highest BCUT2D eigenvalue weighted by atomic mass is 15.0. The standard InChI is InChI=1S/C14H21N/c1-4-12-6-7-13(10-11(12)2)14(3)8-5-9-15-14/h6-7,10,15H,4-5,8-9H2,1-3H3. The Morgan fingerprint density at radius 3 is 2.73 bits per heavy atom. The molecule has 2 rings (SSSR count). The predicted molar refractivity (Wildman–Crippen MR) is 65.1 cm³/mol. The third-order valence-electron chi connectivity index (χ3n) is 3.73. The summed E-state index contributed by atoms with van der Waals surface area (Å²) in [4.78, 5) is 0. The second-order valence-electron chi connectivity index (χ2n) is 4.86. The molecule has 0 bridgehead atoms. The number of hydrogen-bond donors (Lipinski definition) is 1. The highest BCUT2D eigenvalue weighted by Gasteiger charge is 2.29. The van der Waals surface area contributed by atoms with Crippen LogP contribution in [0.25, 0.3) is 0 Å². The Bertz CT molecular complexity index is 348. The normalized spacial score (nSPS) is 25.8. The van der Waals surface area contributed by atoms with Crippen LogP contribution in [-0.4, -0.2) is 6.54 Å². The lowest BCUT2D eigenvalue weighted by Gasteiger charge is -2.26. The molecular formula is C14H21N. The maximum atomic E-state index is 3.61. The molecule has 0 radical (unpaired) electrons. The summed E-state index contributed by atoms with van der Waals surface area (Å²) in [7, 11) is 0. The predicted octanol–water partition coefficient (Wildman–Crippen LogP) is 3.16. The van der Waals surface area contributed by atoms with Gasteiger partial charge >= 0.3 is 0 Å². The number of rotatable bonds is 2. The van der Waals surface area contributed by atoms with Crippen molar-refractivity contribution >= 4 is 0 Å². The Balaban J connectivity index is 2.33. The molecule has 1 heterocycles. The van der Waals surface area contributed by atoms with Crippen LogP contribution in [0, 0.1) is 6.92 Å². The number of nitrogens with one attached hydrogen (secondary N) is 1. The van der Waals surface area contributed by atoms with Crippen LogP contribution in [0.2, 0.25) is 0 Å². The van der Waals surface area contributed by atoms with Gasteiger partial charge in [0.1, 0.15) is 0 Å². The summed E-state index contributed by atoms with van der Waals surface area (Å²) >= 11 is 0. The molecule has 1 atom stereocenters. The topological polar surface area (TPSA) is 12.0 Å². The van der Waals surface area contributed by atoms with Gasteiger partial charge in [-0.1, -0.05) is 25.1 Å². The Hall–Kier alpha value is -0.820. The Morgan fingerprint density at radius 1 is 1.40 bits per heavy atom. The molecule has 0 spiro atoms. The highest BCUT2D eigenvalue weighted by molar-refractivity contribution is 5.35. The van der Waals surface area contributed by atoms with Crippen LogP contribution in [0.3, 0.4) is 0 Å². The van der Waals surface area contributed by atoms with E-state index < -0.39 is 0 Å². The average molecular weight is 203 g/mol. The lowest BCUT2D eigenvalue weighted by Crippen LogP contribution is -2.33. The van der Waals surface area contributed by atoms with Crippen LogP contribution in [0.1, 0.15) is 43.4 Å². The SMILES string of the molecule is CCc1ccc(C2(C)CCCN2)cc1C. The molecule has 15 heavy (non-hydrogen) atoms. The van der Waals surface area contributed by atoms with Crippen LogP contribution < -0.4 is 5.32 Å². The van der Waals surface area contributed by atoms with Crippen molar-refractivity contribution in [2.24, 2.45) is 0 Å². The molecule has 1 nitrogen and oxygen atoms in total. The van der Waals surface area contributed by atoms with Gasteiger partial charge in [-0.05, 0) is 56.3 Å². The number of hydrogen-bond acceptors (Lipinski definition) is 1. The maximum Gasteiger partial charge on any atom is 0.0406 e. The van der Waals surface area contributed by atoms with Gasteiger partial charge in [0.25, 0.3) is 0 Å². The van der Waals surface area contributed by atoms with E-state index >= 15 is 0 Å². The first-order valence-electron chi connectivity index (χ1n) is 6.01. The molecule has 1 fully saturated rings. The van der Waals surface area contributed by atoms with E-state index in [-0.39, 0.29) is 5.54 Å². The van der Waals surface area contributed by atoms with E-state index in [9.17, 15) is 0 Å². The highest BCUT2D eigenvalue weighted by Crippen LogP contribution is 2.31. The molecule has 1 saturated heterocycles. The molecular weight excluding hydrogens is 182 g/mol. The largest absolute Gasteiger partial charge is 0.308 e. The second-order valence-corrected chi connectivity index (χ2v) is 4.86. The van der Waals surface area contributed by atoms with Gasteiger partial charge < -0.3 is 5.32 Å². The summed E-state index contributed by atoms with van der Waals surface area (Å²) in [5.74, 6) is 0. The average Bonchev–Trinajstić information content (AvgIpc) is 2.66. The van der Waals surface area contributed by atoms with Crippen molar-refractivity contribution in [3.63, 3.8) is 0 Å². The van der Waals surface area contributed by atoms with Crippen LogP contribution in [0.15, 0.2) is 18.2 Å². The fourth-order valence-electron chi connectivity index (χ4n) is 2.58. The van der Waals surface area contributed by atoms with Gasteiger partial charge in [0.2, 0.25) is 0 Å². The van der Waals surface area contributed by atoms with E-state index in [2.05, 4.69) is 44.3 Å². The number of aryl methyl sites for hydroxylation is 2. The molecule has 1 aromatic carbocycles. The zero-order valence-electron chi connectivity index (χ0n) is 10.1. The van der Waals surface area contributed by atoms with Crippen LogP contribution in [0.5, 0.6) is 0 Å². The molecule has 1 N–H and O–H groups in total. The minimum Gasteiger partial charge on any atom is -0.308 e. The second kappa shape index (κ2) is 3.97. The lowest BCUT2D eigenvalue weighted by atomic mass is 9.88. The van der Waals surface area contributed by atoms with Crippen molar-refractivity contribution in [2.75, 3.05) is 6.54 Å². The Kier molecular flexibility index (Phi) is 2.83. The molecule has 1 aromatic rings. The third-order valence-corrected chi connectivity index (χ3v) is 3.73. The van der Waals surface area contributed by atoms with E-state index in [1.165, 1.54) is 29.5 Å². The zero-order valence-corrected chi connectivity index (χ0v) is 10.1. The summed E-state index contributed by atoms with van der Waals surface area (Å²) in [5.41, 5.74) is 4.58. The van der Waals surface area contributed by atoms with Gasteiger partial charge in [0.15, 0.2) is 0 Å². The van der Waals surface area contributed by atoms with Crippen molar-refractivity contribution in [1.82, 2.24) is 5.32 Å². The minimum absolute atomic E-state index is 0.219. The smallest absolute Gasteiger partial charge is 0.0406 e. The van der Waals surface area contributed by atoms with E-state index in [0.29, 0.717) is 0 Å². The van der Waals surface area contributed by atoms with Gasteiger partial charge in [-0.2, -0.15) is 0 Å². The molecule has 1 heteroatoms. The quantitative estimate of drug-likeness (QED) is 0.778. The molecule has 1 aliphatic heterocycles. The van der Waals surface area contributed by atoms with Crippen molar-refractivity contribution in [3.8, 4) is 0 Å². The maximum absolute atomic E-state index is 3.61. The fourth-order valence-corrected chi connectivity index (χ4v) is 2.58. The summed E-state index contributed by atoms with van der Waals surface area (Å²) in [6.07, 6.45) is 3.69. The van der Waals surface area contributed by atoms with E-state index in [4.69, 9.17) is 0 Å². The van der Waals surface area contributed by atoms with E-state index in [0.717, 1.165) is 13.0 Å². The fraction of sp³-hybridized carbons (Fsp3) is 0.571. The Labute approximate surface area is 92.9 Å². The van der Waals surface area contributed by atoms with Gasteiger partial charge in [-0.25, -0.2) is 0 Å². The monoisotopic (exact) mass is 203 g/mol. The molecule has 1 aliphatic rings. The summed E-state index contributed by atoms with van der Waals surface area (Å²) in [5, 5.41) is 3.61. The van der Waals surface area contributed by atoms with E-state index in [1.807, 2.05) is 0 Å². The van der Waals surface area contributed by atoms with Gasteiger partial charge in [0, 0.05) is 5.54 Å². The first-order valence-corrected chi connectivity index (χ1v) is 6.01. The lowest BCUT2D eigenvalue weighted by molar-refractivity contribution is 0.434.